The third kappa shape index (κ3) is 2.79. The van der Waals surface area contributed by atoms with Crippen molar-refractivity contribution in [3.63, 3.8) is 0 Å². The number of carbonyl (C=O) groups excluding carboxylic acids is 1. The molecule has 1 aromatic heterocycles. The molecule has 0 unspecified atom stereocenters. The summed E-state index contributed by atoms with van der Waals surface area (Å²) in [6.07, 6.45) is 3.16. The van der Waals surface area contributed by atoms with Crippen molar-refractivity contribution in [1.29, 1.82) is 0 Å². The first-order valence-corrected chi connectivity index (χ1v) is 7.47. The van der Waals surface area contributed by atoms with E-state index in [1.807, 2.05) is 0 Å². The van der Waals surface area contributed by atoms with Gasteiger partial charge in [0.2, 0.25) is 0 Å². The first-order chi connectivity index (χ1) is 10.0. The second kappa shape index (κ2) is 5.50. The van der Waals surface area contributed by atoms with E-state index in [4.69, 9.17) is 4.74 Å². The normalized spacial score (nSPS) is 15.3. The number of rotatable bonds is 1. The Morgan fingerprint density at radius 3 is 2.71 bits per heavy atom. The van der Waals surface area contributed by atoms with Crippen molar-refractivity contribution in [2.24, 2.45) is 0 Å². The number of carbonyl (C=O) groups is 1. The predicted molar refractivity (Wildman–Crippen MR) is 85.0 cm³/mol. The van der Waals surface area contributed by atoms with Gasteiger partial charge in [-0.15, -0.1) is 0 Å². The van der Waals surface area contributed by atoms with Crippen LogP contribution in [0.15, 0.2) is 45.2 Å². The number of halogens is 2. The minimum Gasteiger partial charge on any atom is -0.506 e. The Morgan fingerprint density at radius 2 is 2.00 bits per heavy atom. The summed E-state index contributed by atoms with van der Waals surface area (Å²) in [5.41, 5.74) is 0.698. The van der Waals surface area contributed by atoms with Gasteiger partial charge in [0.25, 0.3) is 5.91 Å². The van der Waals surface area contributed by atoms with Crippen molar-refractivity contribution >= 4 is 49.7 Å². The predicted octanol–water partition coefficient (Wildman–Crippen LogP) is 3.68. The zero-order chi connectivity index (χ0) is 15.0. The van der Waals surface area contributed by atoms with Crippen LogP contribution in [0.4, 0.5) is 5.82 Å². The molecule has 0 radical (unpaired) electrons. The molecule has 0 bridgehead atoms. The molecule has 2 aromatic rings. The average molecular weight is 412 g/mol. The number of nitrogens with zero attached hydrogens (tertiary/aromatic N) is 1. The maximum absolute atomic E-state index is 12.0. The summed E-state index contributed by atoms with van der Waals surface area (Å²) in [6, 6.07) is 6.81. The molecule has 0 fully saturated rings. The van der Waals surface area contributed by atoms with Gasteiger partial charge in [-0.1, -0.05) is 0 Å². The molecule has 1 aliphatic rings. The lowest BCUT2D eigenvalue weighted by Crippen LogP contribution is -2.24. The Hall–Kier alpha value is -1.86. The molecule has 0 atom stereocenters. The molecule has 0 aliphatic carbocycles. The lowest BCUT2D eigenvalue weighted by atomic mass is 10.2. The van der Waals surface area contributed by atoms with Gasteiger partial charge in [0.05, 0.1) is 8.95 Å². The number of pyridine rings is 1. The number of phenolic OH excluding ortho intramolecular Hbond substituents is 1. The smallest absolute Gasteiger partial charge is 0.292 e. The minimum atomic E-state index is -0.374. The molecule has 2 heterocycles. The highest BCUT2D eigenvalue weighted by Crippen LogP contribution is 2.35. The van der Waals surface area contributed by atoms with Crippen LogP contribution in [0, 0.1) is 0 Å². The van der Waals surface area contributed by atoms with E-state index >= 15 is 0 Å². The Morgan fingerprint density at radius 1 is 1.29 bits per heavy atom. The average Bonchev–Trinajstić information content (AvgIpc) is 2.45. The number of ether oxygens (including phenoxy) is 1. The molecular formula is C14H8Br2N2O3. The topological polar surface area (TPSA) is 71.5 Å². The number of fused-ring (bicyclic) bond motifs is 1. The Balaban J connectivity index is 1.99. The fraction of sp³-hybridized carbons (Fsp3) is 0. The van der Waals surface area contributed by atoms with Crippen LogP contribution in [-0.4, -0.2) is 16.0 Å². The third-order valence-electron chi connectivity index (χ3n) is 2.78. The summed E-state index contributed by atoms with van der Waals surface area (Å²) in [5, 5.41) is 12.3. The van der Waals surface area contributed by atoms with Crippen molar-refractivity contribution in [3.05, 3.63) is 50.7 Å². The Labute approximate surface area is 136 Å². The largest absolute Gasteiger partial charge is 0.506 e. The molecule has 0 spiro atoms. The number of anilines is 1. The van der Waals surface area contributed by atoms with E-state index in [-0.39, 0.29) is 17.4 Å². The van der Waals surface area contributed by atoms with Crippen molar-refractivity contribution in [3.8, 4) is 11.5 Å². The van der Waals surface area contributed by atoms with Gasteiger partial charge in [-0.25, -0.2) is 4.98 Å². The van der Waals surface area contributed by atoms with E-state index in [1.54, 1.807) is 36.5 Å². The van der Waals surface area contributed by atoms with E-state index in [9.17, 15) is 9.90 Å². The van der Waals surface area contributed by atoms with E-state index in [2.05, 4.69) is 42.2 Å². The summed E-state index contributed by atoms with van der Waals surface area (Å²) in [5.74, 6) is 0.759. The summed E-state index contributed by atoms with van der Waals surface area (Å²) in [7, 11) is 0. The summed E-state index contributed by atoms with van der Waals surface area (Å²) in [4.78, 5) is 16.0. The Kier molecular flexibility index (Phi) is 3.69. The quantitative estimate of drug-likeness (QED) is 0.702. The molecule has 1 aliphatic heterocycles. The highest BCUT2D eigenvalue weighted by molar-refractivity contribution is 9.11. The standard InChI is InChI=1S/C14H8Br2N2O3/c15-8-4-7(5-9(16)12(8)19)6-11-14(20)18-13-10(21-11)2-1-3-17-13/h1-6,19H,(H,17,18,20)/b11-6+. The van der Waals surface area contributed by atoms with Gasteiger partial charge in [0, 0.05) is 6.20 Å². The first kappa shape index (κ1) is 14.1. The lowest BCUT2D eigenvalue weighted by molar-refractivity contribution is -0.115. The van der Waals surface area contributed by atoms with E-state index in [1.165, 1.54) is 0 Å². The number of phenols is 1. The Bertz CT molecular complexity index is 752. The maximum Gasteiger partial charge on any atom is 0.292 e. The highest BCUT2D eigenvalue weighted by atomic mass is 79.9. The lowest BCUT2D eigenvalue weighted by Gasteiger charge is -2.18. The van der Waals surface area contributed by atoms with Crippen LogP contribution in [0.1, 0.15) is 5.56 Å². The third-order valence-corrected chi connectivity index (χ3v) is 3.99. The van der Waals surface area contributed by atoms with Crippen LogP contribution in [0.25, 0.3) is 6.08 Å². The van der Waals surface area contributed by atoms with Gasteiger partial charge in [-0.3, -0.25) is 4.79 Å². The highest BCUT2D eigenvalue weighted by Gasteiger charge is 2.22. The molecule has 106 valence electrons. The molecule has 2 N–H and O–H groups in total. The first-order valence-electron chi connectivity index (χ1n) is 5.88. The van der Waals surface area contributed by atoms with Gasteiger partial charge in [-0.05, 0) is 67.8 Å². The number of amides is 1. The molecule has 1 amide bonds. The van der Waals surface area contributed by atoms with Crippen LogP contribution in [-0.2, 0) is 4.79 Å². The van der Waals surface area contributed by atoms with Gasteiger partial charge in [-0.2, -0.15) is 0 Å². The fourth-order valence-electron chi connectivity index (χ4n) is 1.82. The number of hydrogen-bond donors (Lipinski definition) is 2. The zero-order valence-corrected chi connectivity index (χ0v) is 13.6. The van der Waals surface area contributed by atoms with Crippen molar-refractivity contribution < 1.29 is 14.6 Å². The number of nitrogens with one attached hydrogen (secondary N) is 1. The van der Waals surface area contributed by atoms with E-state index in [0.29, 0.717) is 26.1 Å². The second-order valence-electron chi connectivity index (χ2n) is 4.25. The summed E-state index contributed by atoms with van der Waals surface area (Å²) < 4.78 is 6.58. The molecule has 3 rings (SSSR count). The van der Waals surface area contributed by atoms with Crippen molar-refractivity contribution in [2.45, 2.75) is 0 Å². The van der Waals surface area contributed by atoms with Crippen LogP contribution in [0.3, 0.4) is 0 Å². The van der Waals surface area contributed by atoms with Crippen molar-refractivity contribution in [1.82, 2.24) is 4.98 Å². The molecule has 1 aromatic carbocycles. The van der Waals surface area contributed by atoms with Crippen LogP contribution in [0.2, 0.25) is 0 Å². The molecule has 7 heteroatoms. The molecular weight excluding hydrogens is 404 g/mol. The SMILES string of the molecule is O=C1Nc2ncccc2O/C1=C/c1cc(Br)c(O)c(Br)c1. The second-order valence-corrected chi connectivity index (χ2v) is 5.96. The van der Waals surface area contributed by atoms with Crippen LogP contribution < -0.4 is 10.1 Å². The fourth-order valence-corrected chi connectivity index (χ4v) is 3.04. The van der Waals surface area contributed by atoms with Crippen molar-refractivity contribution in [2.75, 3.05) is 5.32 Å². The van der Waals surface area contributed by atoms with Gasteiger partial charge in [0.15, 0.2) is 17.3 Å². The number of aromatic hydroxyl groups is 1. The number of benzene rings is 1. The molecule has 21 heavy (non-hydrogen) atoms. The van der Waals surface area contributed by atoms with Crippen LogP contribution >= 0.6 is 31.9 Å². The summed E-state index contributed by atoms with van der Waals surface area (Å²) in [6.45, 7) is 0. The molecule has 5 nitrogen and oxygen atoms in total. The van der Waals surface area contributed by atoms with Crippen LogP contribution in [0.5, 0.6) is 11.5 Å². The van der Waals surface area contributed by atoms with E-state index in [0.717, 1.165) is 0 Å². The minimum absolute atomic E-state index is 0.0979. The number of aromatic nitrogens is 1. The van der Waals surface area contributed by atoms with E-state index < -0.39 is 0 Å². The number of hydrogen-bond acceptors (Lipinski definition) is 4. The summed E-state index contributed by atoms with van der Waals surface area (Å²) >= 11 is 6.48. The van der Waals surface area contributed by atoms with Gasteiger partial charge < -0.3 is 15.2 Å². The monoisotopic (exact) mass is 410 g/mol. The molecule has 0 saturated heterocycles. The van der Waals surface area contributed by atoms with Gasteiger partial charge in [0.1, 0.15) is 5.75 Å². The van der Waals surface area contributed by atoms with Gasteiger partial charge >= 0.3 is 0 Å². The zero-order valence-electron chi connectivity index (χ0n) is 10.4. The molecule has 0 saturated carbocycles. The maximum atomic E-state index is 12.0.